The van der Waals surface area contributed by atoms with Crippen LogP contribution < -0.4 is 5.73 Å². The second kappa shape index (κ2) is 3.73. The number of nitrogens with zero attached hydrogens (tertiary/aromatic N) is 1. The number of aromatic nitrogens is 1. The third kappa shape index (κ3) is 2.17. The number of hydrogen-bond acceptors (Lipinski definition) is 2. The highest BCUT2D eigenvalue weighted by atomic mass is 19.1. The van der Waals surface area contributed by atoms with E-state index in [1.165, 1.54) is 6.07 Å². The van der Waals surface area contributed by atoms with Crippen molar-refractivity contribution in [3.05, 3.63) is 23.6 Å². The average Bonchev–Trinajstić information content (AvgIpc) is 2.03. The van der Waals surface area contributed by atoms with E-state index in [9.17, 15) is 4.39 Å². The molecule has 0 aromatic carbocycles. The Kier molecular flexibility index (Phi) is 2.86. The molecule has 0 saturated heterocycles. The van der Waals surface area contributed by atoms with Crippen LogP contribution in [-0.2, 0) is 0 Å². The van der Waals surface area contributed by atoms with Crippen molar-refractivity contribution < 1.29 is 4.39 Å². The van der Waals surface area contributed by atoms with Crippen LogP contribution in [-0.4, -0.2) is 4.98 Å². The maximum absolute atomic E-state index is 12.6. The van der Waals surface area contributed by atoms with E-state index < -0.39 is 5.95 Å². The number of nitrogen functional groups attached to an aromatic ring is 1. The van der Waals surface area contributed by atoms with Crippen molar-refractivity contribution >= 4 is 5.82 Å². The first-order valence-electron chi connectivity index (χ1n) is 4.44. The van der Waals surface area contributed by atoms with Gasteiger partial charge >= 0.3 is 0 Å². The zero-order chi connectivity index (χ0) is 10.0. The predicted octanol–water partition coefficient (Wildman–Crippen LogP) is 2.56. The van der Waals surface area contributed by atoms with E-state index in [4.69, 9.17) is 5.73 Å². The minimum absolute atomic E-state index is 0.307. The molecule has 0 bridgehead atoms. The molecule has 0 fully saturated rings. The predicted molar refractivity (Wildman–Crippen MR) is 51.9 cm³/mol. The highest BCUT2D eigenvalue weighted by molar-refractivity contribution is 5.41. The summed E-state index contributed by atoms with van der Waals surface area (Å²) in [5.74, 6) is 0.584. The summed E-state index contributed by atoms with van der Waals surface area (Å²) in [5, 5.41) is 0. The highest BCUT2D eigenvalue weighted by Gasteiger charge is 2.13. The van der Waals surface area contributed by atoms with Gasteiger partial charge in [0.2, 0.25) is 5.95 Å². The van der Waals surface area contributed by atoms with Gasteiger partial charge in [0, 0.05) is 0 Å². The molecule has 1 atom stereocenters. The molecular formula is C10H15FN2. The molecule has 3 heteroatoms. The summed E-state index contributed by atoms with van der Waals surface area (Å²) >= 11 is 0. The Morgan fingerprint density at radius 2 is 1.92 bits per heavy atom. The minimum atomic E-state index is -0.516. The molecule has 0 aliphatic heterocycles. The molecule has 2 N–H and O–H groups in total. The quantitative estimate of drug-likeness (QED) is 0.714. The molecule has 0 aliphatic rings. The summed E-state index contributed by atoms with van der Waals surface area (Å²) in [7, 11) is 0. The van der Waals surface area contributed by atoms with Crippen molar-refractivity contribution in [3.8, 4) is 0 Å². The normalized spacial score (nSPS) is 13.3. The number of nitrogens with two attached hydrogens (primary N) is 1. The van der Waals surface area contributed by atoms with Gasteiger partial charge in [-0.25, -0.2) is 4.98 Å². The number of rotatable bonds is 2. The van der Waals surface area contributed by atoms with Gasteiger partial charge in [0.1, 0.15) is 5.82 Å². The van der Waals surface area contributed by atoms with Gasteiger partial charge in [0.15, 0.2) is 0 Å². The van der Waals surface area contributed by atoms with Crippen LogP contribution in [0.15, 0.2) is 12.1 Å². The molecule has 72 valence electrons. The molecule has 1 rings (SSSR count). The molecule has 1 heterocycles. The Morgan fingerprint density at radius 1 is 1.31 bits per heavy atom. The van der Waals surface area contributed by atoms with Gasteiger partial charge in [0.25, 0.3) is 0 Å². The molecule has 0 aliphatic carbocycles. The summed E-state index contributed by atoms with van der Waals surface area (Å²) in [5.41, 5.74) is 6.54. The zero-order valence-electron chi connectivity index (χ0n) is 8.21. The van der Waals surface area contributed by atoms with E-state index in [1.807, 2.05) is 0 Å². The summed E-state index contributed by atoms with van der Waals surface area (Å²) in [4.78, 5) is 3.59. The lowest BCUT2D eigenvalue weighted by Gasteiger charge is -2.16. The zero-order valence-corrected chi connectivity index (χ0v) is 8.21. The fourth-order valence-electron chi connectivity index (χ4n) is 1.20. The van der Waals surface area contributed by atoms with Gasteiger partial charge in [0.05, 0.1) is 0 Å². The van der Waals surface area contributed by atoms with Crippen molar-refractivity contribution in [1.29, 1.82) is 0 Å². The molecule has 0 radical (unpaired) electrons. The van der Waals surface area contributed by atoms with Crippen LogP contribution in [0.25, 0.3) is 0 Å². The lowest BCUT2D eigenvalue weighted by atomic mass is 9.91. The fourth-order valence-corrected chi connectivity index (χ4v) is 1.20. The van der Waals surface area contributed by atoms with Gasteiger partial charge in [-0.05, 0) is 23.5 Å². The van der Waals surface area contributed by atoms with Crippen molar-refractivity contribution in [2.24, 2.45) is 5.92 Å². The Balaban J connectivity index is 3.01. The van der Waals surface area contributed by atoms with E-state index in [0.29, 0.717) is 17.7 Å². The maximum Gasteiger partial charge on any atom is 0.214 e. The first-order valence-corrected chi connectivity index (χ1v) is 4.44. The van der Waals surface area contributed by atoms with Crippen LogP contribution in [0.4, 0.5) is 10.2 Å². The van der Waals surface area contributed by atoms with Crippen LogP contribution in [0.2, 0.25) is 0 Å². The Bertz CT molecular complexity index is 297. The standard InChI is InChI=1S/C10H15FN2/c1-6(2)7(3)8-4-5-9(11)13-10(8)12/h4-7H,1-3H3,(H2,12,13)/t7-/m0/s1. The van der Waals surface area contributed by atoms with Crippen LogP contribution in [0.5, 0.6) is 0 Å². The fraction of sp³-hybridized carbons (Fsp3) is 0.500. The third-order valence-electron chi connectivity index (χ3n) is 2.41. The van der Waals surface area contributed by atoms with Gasteiger partial charge in [-0.15, -0.1) is 0 Å². The van der Waals surface area contributed by atoms with E-state index in [2.05, 4.69) is 25.8 Å². The molecule has 0 unspecified atom stereocenters. The number of halogens is 1. The molecule has 1 aromatic heterocycles. The maximum atomic E-state index is 12.6. The Morgan fingerprint density at radius 3 is 2.38 bits per heavy atom. The largest absolute Gasteiger partial charge is 0.383 e. The number of anilines is 1. The van der Waals surface area contributed by atoms with Crippen molar-refractivity contribution in [1.82, 2.24) is 4.98 Å². The second-order valence-corrected chi connectivity index (χ2v) is 3.64. The summed E-state index contributed by atoms with van der Waals surface area (Å²) in [6.45, 7) is 6.27. The average molecular weight is 182 g/mol. The minimum Gasteiger partial charge on any atom is -0.383 e. The second-order valence-electron chi connectivity index (χ2n) is 3.64. The van der Waals surface area contributed by atoms with Crippen molar-refractivity contribution in [2.75, 3.05) is 5.73 Å². The first kappa shape index (κ1) is 9.96. The smallest absolute Gasteiger partial charge is 0.214 e. The highest BCUT2D eigenvalue weighted by Crippen LogP contribution is 2.26. The molecule has 1 aromatic rings. The topological polar surface area (TPSA) is 38.9 Å². The van der Waals surface area contributed by atoms with Crippen LogP contribution in [0.1, 0.15) is 32.3 Å². The van der Waals surface area contributed by atoms with Crippen LogP contribution >= 0.6 is 0 Å². The Labute approximate surface area is 78.0 Å². The summed E-state index contributed by atoms with van der Waals surface area (Å²) < 4.78 is 12.6. The van der Waals surface area contributed by atoms with E-state index in [0.717, 1.165) is 5.56 Å². The molecular weight excluding hydrogens is 167 g/mol. The van der Waals surface area contributed by atoms with E-state index in [1.54, 1.807) is 6.07 Å². The SMILES string of the molecule is CC(C)[C@H](C)c1ccc(F)nc1N. The third-order valence-corrected chi connectivity index (χ3v) is 2.41. The summed E-state index contributed by atoms with van der Waals surface area (Å²) in [6.07, 6.45) is 0. The Hall–Kier alpha value is -1.12. The molecule has 0 saturated carbocycles. The van der Waals surface area contributed by atoms with Crippen molar-refractivity contribution in [2.45, 2.75) is 26.7 Å². The van der Waals surface area contributed by atoms with Gasteiger partial charge < -0.3 is 5.73 Å². The van der Waals surface area contributed by atoms with Crippen LogP contribution in [0.3, 0.4) is 0 Å². The van der Waals surface area contributed by atoms with Gasteiger partial charge in [-0.3, -0.25) is 0 Å². The lowest BCUT2D eigenvalue weighted by Crippen LogP contribution is -2.07. The summed E-state index contributed by atoms with van der Waals surface area (Å²) in [6, 6.07) is 3.06. The molecule has 2 nitrogen and oxygen atoms in total. The monoisotopic (exact) mass is 182 g/mol. The molecule has 0 amide bonds. The van der Waals surface area contributed by atoms with Gasteiger partial charge in [-0.2, -0.15) is 4.39 Å². The van der Waals surface area contributed by atoms with Crippen LogP contribution in [0, 0.1) is 11.9 Å². The molecule has 13 heavy (non-hydrogen) atoms. The number of hydrogen-bond donors (Lipinski definition) is 1. The number of pyridine rings is 1. The van der Waals surface area contributed by atoms with E-state index in [-0.39, 0.29) is 0 Å². The molecule has 0 spiro atoms. The van der Waals surface area contributed by atoms with Crippen molar-refractivity contribution in [3.63, 3.8) is 0 Å². The van der Waals surface area contributed by atoms with Gasteiger partial charge in [-0.1, -0.05) is 26.8 Å². The van der Waals surface area contributed by atoms with E-state index >= 15 is 0 Å². The first-order chi connectivity index (χ1) is 6.02. The lowest BCUT2D eigenvalue weighted by molar-refractivity contribution is 0.529.